The highest BCUT2D eigenvalue weighted by molar-refractivity contribution is 5.46. The van der Waals surface area contributed by atoms with Crippen LogP contribution in [-0.2, 0) is 7.05 Å². The van der Waals surface area contributed by atoms with Gasteiger partial charge < -0.3 is 9.64 Å². The summed E-state index contributed by atoms with van der Waals surface area (Å²) < 4.78 is 7.77. The highest BCUT2D eigenvalue weighted by atomic mass is 16.5. The van der Waals surface area contributed by atoms with Crippen LogP contribution in [0, 0.1) is 0 Å². The smallest absolute Gasteiger partial charge is 0.218 e. The van der Waals surface area contributed by atoms with Crippen LogP contribution < -0.4 is 9.64 Å². The second-order valence-corrected chi connectivity index (χ2v) is 7.22. The summed E-state index contributed by atoms with van der Waals surface area (Å²) in [6, 6.07) is 5.25. The Balaban J connectivity index is 1.55. The number of aryl methyl sites for hydroxylation is 1. The van der Waals surface area contributed by atoms with E-state index in [0.29, 0.717) is 23.9 Å². The Bertz CT molecular complexity index is 699. The van der Waals surface area contributed by atoms with Gasteiger partial charge >= 0.3 is 0 Å². The number of fused-ring (bicyclic) bond motifs is 2. The van der Waals surface area contributed by atoms with Crippen molar-refractivity contribution in [3.63, 3.8) is 0 Å². The van der Waals surface area contributed by atoms with Gasteiger partial charge in [0.15, 0.2) is 0 Å². The molecule has 0 spiro atoms. The number of hydrogen-bond acceptors (Lipinski definition) is 5. The first-order chi connectivity index (χ1) is 11.6. The normalized spacial score (nSPS) is 26.2. The molecule has 2 atom stereocenters. The molecular weight excluding hydrogens is 302 g/mol. The van der Waals surface area contributed by atoms with Crippen molar-refractivity contribution in [2.75, 3.05) is 4.90 Å². The molecule has 128 valence electrons. The second kappa shape index (κ2) is 6.07. The molecule has 6 heteroatoms. The summed E-state index contributed by atoms with van der Waals surface area (Å²) in [4.78, 5) is 11.3. The van der Waals surface area contributed by atoms with E-state index >= 15 is 0 Å². The van der Waals surface area contributed by atoms with Crippen molar-refractivity contribution in [2.24, 2.45) is 7.05 Å². The molecule has 0 aromatic carbocycles. The first-order valence-electron chi connectivity index (χ1n) is 8.86. The highest BCUT2D eigenvalue weighted by Gasteiger charge is 2.42. The van der Waals surface area contributed by atoms with E-state index in [9.17, 15) is 0 Å². The standard InChI is InChI=1S/C18H25N5O/c1-12(2)24-18-10-17(19-11-20-18)23-14-4-5-15(23)9-13(8-14)16-6-7-21-22(16)3/h6-7,10-15H,4-5,8-9H2,1-3H3/t14-,15-/m0/s1. The lowest BCUT2D eigenvalue weighted by molar-refractivity contribution is 0.232. The lowest BCUT2D eigenvalue weighted by atomic mass is 9.88. The average molecular weight is 327 g/mol. The van der Waals surface area contributed by atoms with Crippen LogP contribution in [0.5, 0.6) is 5.88 Å². The Morgan fingerprint density at radius 3 is 2.54 bits per heavy atom. The Kier molecular flexibility index (Phi) is 3.90. The van der Waals surface area contributed by atoms with E-state index in [0.717, 1.165) is 5.82 Å². The van der Waals surface area contributed by atoms with E-state index in [1.54, 1.807) is 6.33 Å². The van der Waals surface area contributed by atoms with Gasteiger partial charge in [-0.05, 0) is 45.6 Å². The van der Waals surface area contributed by atoms with E-state index < -0.39 is 0 Å². The van der Waals surface area contributed by atoms with Crippen molar-refractivity contribution in [1.82, 2.24) is 19.7 Å². The fourth-order valence-electron chi connectivity index (χ4n) is 4.35. The molecule has 0 saturated carbocycles. The van der Waals surface area contributed by atoms with E-state index in [4.69, 9.17) is 4.74 Å². The number of nitrogens with zero attached hydrogens (tertiary/aromatic N) is 5. The van der Waals surface area contributed by atoms with Crippen LogP contribution in [0.3, 0.4) is 0 Å². The van der Waals surface area contributed by atoms with E-state index in [1.807, 2.05) is 37.8 Å². The number of rotatable bonds is 4. The van der Waals surface area contributed by atoms with Crippen LogP contribution in [0.2, 0.25) is 0 Å². The van der Waals surface area contributed by atoms with Crippen LogP contribution in [0.1, 0.15) is 51.1 Å². The monoisotopic (exact) mass is 327 g/mol. The number of hydrogen-bond donors (Lipinski definition) is 0. The van der Waals surface area contributed by atoms with Crippen molar-refractivity contribution in [2.45, 2.75) is 63.6 Å². The number of ether oxygens (including phenoxy) is 1. The van der Waals surface area contributed by atoms with Gasteiger partial charge in [-0.25, -0.2) is 9.97 Å². The maximum atomic E-state index is 5.74. The molecule has 2 saturated heterocycles. The van der Waals surface area contributed by atoms with Gasteiger partial charge in [-0.3, -0.25) is 4.68 Å². The lowest BCUT2D eigenvalue weighted by Gasteiger charge is -2.39. The third-order valence-corrected chi connectivity index (χ3v) is 5.26. The van der Waals surface area contributed by atoms with Gasteiger partial charge in [0.25, 0.3) is 0 Å². The molecule has 0 radical (unpaired) electrons. The molecule has 2 fully saturated rings. The zero-order valence-corrected chi connectivity index (χ0v) is 14.6. The molecule has 4 heterocycles. The first kappa shape index (κ1) is 15.4. The zero-order chi connectivity index (χ0) is 16.7. The minimum Gasteiger partial charge on any atom is -0.475 e. The molecule has 2 aromatic rings. The molecule has 4 rings (SSSR count). The molecule has 0 amide bonds. The molecule has 0 N–H and O–H groups in total. The summed E-state index contributed by atoms with van der Waals surface area (Å²) in [5.41, 5.74) is 1.36. The Morgan fingerprint density at radius 1 is 1.17 bits per heavy atom. The van der Waals surface area contributed by atoms with Crippen molar-refractivity contribution < 1.29 is 4.74 Å². The summed E-state index contributed by atoms with van der Waals surface area (Å²) in [7, 11) is 2.05. The topological polar surface area (TPSA) is 56.1 Å². The summed E-state index contributed by atoms with van der Waals surface area (Å²) in [6.07, 6.45) is 8.47. The van der Waals surface area contributed by atoms with Crippen LogP contribution in [0.15, 0.2) is 24.7 Å². The summed E-state index contributed by atoms with van der Waals surface area (Å²) >= 11 is 0. The zero-order valence-electron chi connectivity index (χ0n) is 14.6. The molecule has 0 unspecified atom stereocenters. The molecule has 2 aliphatic rings. The van der Waals surface area contributed by atoms with Gasteiger partial charge in [0, 0.05) is 43.0 Å². The van der Waals surface area contributed by atoms with Crippen molar-refractivity contribution in [3.8, 4) is 5.88 Å². The van der Waals surface area contributed by atoms with Crippen molar-refractivity contribution >= 4 is 5.82 Å². The van der Waals surface area contributed by atoms with Crippen LogP contribution in [0.4, 0.5) is 5.82 Å². The highest BCUT2D eigenvalue weighted by Crippen LogP contribution is 2.44. The molecule has 6 nitrogen and oxygen atoms in total. The van der Waals surface area contributed by atoms with Gasteiger partial charge in [0.05, 0.1) is 6.10 Å². The largest absolute Gasteiger partial charge is 0.475 e. The third kappa shape index (κ3) is 2.74. The Morgan fingerprint density at radius 2 is 1.92 bits per heavy atom. The van der Waals surface area contributed by atoms with Gasteiger partial charge in [0.1, 0.15) is 12.1 Å². The Labute approximate surface area is 142 Å². The molecule has 24 heavy (non-hydrogen) atoms. The average Bonchev–Trinajstić information content (AvgIpc) is 3.08. The molecule has 0 aliphatic carbocycles. The number of aromatic nitrogens is 4. The quantitative estimate of drug-likeness (QED) is 0.864. The predicted octanol–water partition coefficient (Wildman–Crippen LogP) is 2.91. The van der Waals surface area contributed by atoms with Gasteiger partial charge in [0.2, 0.25) is 5.88 Å². The molecular formula is C18H25N5O. The predicted molar refractivity (Wildman–Crippen MR) is 92.3 cm³/mol. The molecule has 2 bridgehead atoms. The fraction of sp³-hybridized carbons (Fsp3) is 0.611. The maximum Gasteiger partial charge on any atom is 0.218 e. The summed E-state index contributed by atoms with van der Waals surface area (Å²) in [5.74, 6) is 2.28. The van der Waals surface area contributed by atoms with E-state index in [1.165, 1.54) is 31.4 Å². The van der Waals surface area contributed by atoms with E-state index in [2.05, 4.69) is 26.0 Å². The van der Waals surface area contributed by atoms with Gasteiger partial charge in [-0.15, -0.1) is 0 Å². The summed E-state index contributed by atoms with van der Waals surface area (Å²) in [5, 5.41) is 4.34. The minimum atomic E-state index is 0.125. The van der Waals surface area contributed by atoms with Crippen LogP contribution in [0.25, 0.3) is 0 Å². The van der Waals surface area contributed by atoms with Gasteiger partial charge in [-0.2, -0.15) is 5.10 Å². The second-order valence-electron chi connectivity index (χ2n) is 7.22. The first-order valence-corrected chi connectivity index (χ1v) is 8.86. The minimum absolute atomic E-state index is 0.125. The molecule has 2 aromatic heterocycles. The molecule has 2 aliphatic heterocycles. The lowest BCUT2D eigenvalue weighted by Crippen LogP contribution is -2.43. The summed E-state index contributed by atoms with van der Waals surface area (Å²) in [6.45, 7) is 4.04. The van der Waals surface area contributed by atoms with Crippen molar-refractivity contribution in [3.05, 3.63) is 30.4 Å². The maximum absolute atomic E-state index is 5.74. The van der Waals surface area contributed by atoms with Crippen molar-refractivity contribution in [1.29, 1.82) is 0 Å². The third-order valence-electron chi connectivity index (χ3n) is 5.26. The number of piperidine rings is 1. The fourth-order valence-corrected chi connectivity index (χ4v) is 4.35. The SMILES string of the molecule is CC(C)Oc1cc(N2[C@H]3CC[C@H]2CC(c2ccnn2C)C3)ncn1. The Hall–Kier alpha value is -2.11. The number of anilines is 1. The van der Waals surface area contributed by atoms with Crippen LogP contribution >= 0.6 is 0 Å². The van der Waals surface area contributed by atoms with Crippen LogP contribution in [-0.4, -0.2) is 37.9 Å². The van der Waals surface area contributed by atoms with E-state index in [-0.39, 0.29) is 6.10 Å². The van der Waals surface area contributed by atoms with Gasteiger partial charge in [-0.1, -0.05) is 0 Å².